The molecule has 6 nitrogen and oxygen atoms in total. The lowest BCUT2D eigenvalue weighted by atomic mass is 10.2. The number of nitrogens with zero attached hydrogens (tertiary/aromatic N) is 3. The topological polar surface area (TPSA) is 57.7 Å². The van der Waals surface area contributed by atoms with E-state index in [1.807, 2.05) is 43.3 Å². The Balaban J connectivity index is 1.84. The number of ether oxygens (including phenoxy) is 1. The molecule has 1 amide bonds. The first kappa shape index (κ1) is 17.5. The maximum atomic E-state index is 12.7. The Morgan fingerprint density at radius 1 is 1.24 bits per heavy atom. The van der Waals surface area contributed by atoms with Crippen LogP contribution in [0.15, 0.2) is 36.4 Å². The number of hydrogen-bond acceptors (Lipinski definition) is 5. The van der Waals surface area contributed by atoms with Gasteiger partial charge in [-0.3, -0.25) is 4.79 Å². The quantitative estimate of drug-likeness (QED) is 0.850. The zero-order chi connectivity index (χ0) is 17.8. The Bertz CT molecular complexity index is 760. The third-order valence-electron chi connectivity index (χ3n) is 4.00. The third-order valence-corrected chi connectivity index (χ3v) is 4.20. The van der Waals surface area contributed by atoms with Crippen molar-refractivity contribution in [2.45, 2.75) is 0 Å². The summed E-state index contributed by atoms with van der Waals surface area (Å²) < 4.78 is 5.40. The van der Waals surface area contributed by atoms with E-state index in [9.17, 15) is 4.79 Å². The monoisotopic (exact) mass is 360 g/mol. The minimum Gasteiger partial charge on any atom is -0.378 e. The van der Waals surface area contributed by atoms with E-state index in [2.05, 4.69) is 15.2 Å². The van der Waals surface area contributed by atoms with Crippen molar-refractivity contribution in [3.05, 3.63) is 47.1 Å². The second kappa shape index (κ2) is 7.72. The highest BCUT2D eigenvalue weighted by Gasteiger charge is 2.17. The third kappa shape index (κ3) is 4.21. The van der Waals surface area contributed by atoms with Crippen LogP contribution in [0.5, 0.6) is 0 Å². The fraction of sp³-hybridized carbons (Fsp3) is 0.333. The van der Waals surface area contributed by atoms with Gasteiger partial charge in [0.1, 0.15) is 11.0 Å². The van der Waals surface area contributed by atoms with E-state index in [1.54, 1.807) is 12.1 Å². The van der Waals surface area contributed by atoms with E-state index in [-0.39, 0.29) is 11.1 Å². The largest absolute Gasteiger partial charge is 0.378 e. The highest BCUT2D eigenvalue weighted by molar-refractivity contribution is 6.30. The van der Waals surface area contributed by atoms with E-state index >= 15 is 0 Å². The number of hydrogen-bond donors (Lipinski definition) is 1. The molecule has 0 spiro atoms. The van der Waals surface area contributed by atoms with Crippen LogP contribution in [0.3, 0.4) is 0 Å². The molecule has 1 fully saturated rings. The standard InChI is InChI=1S/C18H21ClN4O2/c1-22(2)17-12-13(11-16(19)21-17)18(24)20-14-5-3-4-6-15(14)23-7-9-25-10-8-23/h3-6,11-12H,7-10H2,1-2H3,(H,20,24). The highest BCUT2D eigenvalue weighted by atomic mass is 35.5. The molecule has 0 saturated carbocycles. The van der Waals surface area contributed by atoms with Crippen LogP contribution in [0.1, 0.15) is 10.4 Å². The minimum atomic E-state index is -0.215. The maximum Gasteiger partial charge on any atom is 0.255 e. The average molecular weight is 361 g/mol. The summed E-state index contributed by atoms with van der Waals surface area (Å²) in [6.07, 6.45) is 0. The van der Waals surface area contributed by atoms with Gasteiger partial charge in [-0.05, 0) is 24.3 Å². The second-order valence-corrected chi connectivity index (χ2v) is 6.39. The van der Waals surface area contributed by atoms with E-state index in [0.717, 1.165) is 24.5 Å². The van der Waals surface area contributed by atoms with Gasteiger partial charge in [0, 0.05) is 32.7 Å². The molecule has 1 aromatic carbocycles. The first-order valence-electron chi connectivity index (χ1n) is 8.12. The second-order valence-electron chi connectivity index (χ2n) is 6.00. The van der Waals surface area contributed by atoms with E-state index in [1.165, 1.54) is 0 Å². The van der Waals surface area contributed by atoms with Crippen molar-refractivity contribution >= 4 is 34.7 Å². The first-order valence-corrected chi connectivity index (χ1v) is 8.50. The molecule has 1 saturated heterocycles. The lowest BCUT2D eigenvalue weighted by molar-refractivity contribution is 0.102. The van der Waals surface area contributed by atoms with Gasteiger partial charge in [-0.1, -0.05) is 23.7 Å². The molecule has 0 atom stereocenters. The number of morpholine rings is 1. The summed E-state index contributed by atoms with van der Waals surface area (Å²) in [6, 6.07) is 11.1. The Kier molecular flexibility index (Phi) is 5.40. The molecule has 1 aliphatic rings. The summed E-state index contributed by atoms with van der Waals surface area (Å²) in [7, 11) is 3.71. The van der Waals surface area contributed by atoms with Crippen molar-refractivity contribution in [1.82, 2.24) is 4.98 Å². The molecule has 0 bridgehead atoms. The Labute approximate surface area is 152 Å². The number of amides is 1. The van der Waals surface area contributed by atoms with Crippen molar-refractivity contribution in [2.75, 3.05) is 55.5 Å². The molecule has 2 heterocycles. The summed E-state index contributed by atoms with van der Waals surface area (Å²) in [5.41, 5.74) is 2.24. The number of benzene rings is 1. The van der Waals surface area contributed by atoms with Crippen LogP contribution in [-0.2, 0) is 4.74 Å². The van der Waals surface area contributed by atoms with Crippen molar-refractivity contribution in [3.63, 3.8) is 0 Å². The van der Waals surface area contributed by atoms with Crippen LogP contribution < -0.4 is 15.1 Å². The van der Waals surface area contributed by atoms with Crippen molar-refractivity contribution in [1.29, 1.82) is 0 Å². The average Bonchev–Trinajstić information content (AvgIpc) is 2.62. The Morgan fingerprint density at radius 3 is 2.68 bits per heavy atom. The predicted molar refractivity (Wildman–Crippen MR) is 101 cm³/mol. The number of carbonyl (C=O) groups excluding carboxylic acids is 1. The van der Waals surface area contributed by atoms with Crippen LogP contribution in [0, 0.1) is 0 Å². The molecule has 132 valence electrons. The van der Waals surface area contributed by atoms with Gasteiger partial charge < -0.3 is 19.9 Å². The number of anilines is 3. The molecule has 1 aromatic heterocycles. The molecular formula is C18H21ClN4O2. The number of nitrogens with one attached hydrogen (secondary N) is 1. The molecule has 0 radical (unpaired) electrons. The number of aromatic nitrogens is 1. The van der Waals surface area contributed by atoms with Crippen LogP contribution in [0.4, 0.5) is 17.2 Å². The fourth-order valence-electron chi connectivity index (χ4n) is 2.70. The molecule has 1 aliphatic heterocycles. The molecule has 3 rings (SSSR count). The van der Waals surface area contributed by atoms with Crippen LogP contribution >= 0.6 is 11.6 Å². The number of carbonyl (C=O) groups is 1. The van der Waals surface area contributed by atoms with Gasteiger partial charge in [0.05, 0.1) is 24.6 Å². The molecule has 25 heavy (non-hydrogen) atoms. The van der Waals surface area contributed by atoms with E-state index in [4.69, 9.17) is 16.3 Å². The van der Waals surface area contributed by atoms with Crippen molar-refractivity contribution in [3.8, 4) is 0 Å². The van der Waals surface area contributed by atoms with E-state index < -0.39 is 0 Å². The first-order chi connectivity index (χ1) is 12.0. The number of para-hydroxylation sites is 2. The zero-order valence-electron chi connectivity index (χ0n) is 14.3. The molecule has 0 unspecified atom stereocenters. The fourth-order valence-corrected chi connectivity index (χ4v) is 2.90. The van der Waals surface area contributed by atoms with Crippen LogP contribution in [0.2, 0.25) is 5.15 Å². The minimum absolute atomic E-state index is 0.215. The summed E-state index contributed by atoms with van der Waals surface area (Å²) in [5.74, 6) is 0.423. The summed E-state index contributed by atoms with van der Waals surface area (Å²) in [6.45, 7) is 2.99. The molecule has 7 heteroatoms. The lowest BCUT2D eigenvalue weighted by Crippen LogP contribution is -2.36. The number of pyridine rings is 1. The highest BCUT2D eigenvalue weighted by Crippen LogP contribution is 2.27. The predicted octanol–water partition coefficient (Wildman–Crippen LogP) is 2.89. The van der Waals surface area contributed by atoms with Gasteiger partial charge in [0.2, 0.25) is 0 Å². The normalized spacial score (nSPS) is 14.3. The Morgan fingerprint density at radius 2 is 1.96 bits per heavy atom. The zero-order valence-corrected chi connectivity index (χ0v) is 15.1. The molecule has 2 aromatic rings. The van der Waals surface area contributed by atoms with Crippen LogP contribution in [-0.4, -0.2) is 51.3 Å². The maximum absolute atomic E-state index is 12.7. The Hall–Kier alpha value is -2.31. The number of halogens is 1. The molecule has 1 N–H and O–H groups in total. The van der Waals surface area contributed by atoms with Gasteiger partial charge in [0.25, 0.3) is 5.91 Å². The van der Waals surface area contributed by atoms with Crippen molar-refractivity contribution in [2.24, 2.45) is 0 Å². The lowest BCUT2D eigenvalue weighted by Gasteiger charge is -2.30. The molecule has 0 aliphatic carbocycles. The van der Waals surface area contributed by atoms with Gasteiger partial charge in [-0.2, -0.15) is 0 Å². The summed E-state index contributed by atoms with van der Waals surface area (Å²) >= 11 is 6.05. The summed E-state index contributed by atoms with van der Waals surface area (Å²) in [4.78, 5) is 20.9. The summed E-state index contributed by atoms with van der Waals surface area (Å²) in [5, 5.41) is 3.28. The van der Waals surface area contributed by atoms with Gasteiger partial charge in [-0.25, -0.2) is 4.98 Å². The van der Waals surface area contributed by atoms with E-state index in [0.29, 0.717) is 24.6 Å². The SMILES string of the molecule is CN(C)c1cc(C(=O)Nc2ccccc2N2CCOCC2)cc(Cl)n1. The smallest absolute Gasteiger partial charge is 0.255 e. The van der Waals surface area contributed by atoms with Gasteiger partial charge in [0.15, 0.2) is 0 Å². The molecular weight excluding hydrogens is 340 g/mol. The van der Waals surface area contributed by atoms with Gasteiger partial charge in [-0.15, -0.1) is 0 Å². The van der Waals surface area contributed by atoms with Crippen LogP contribution in [0.25, 0.3) is 0 Å². The van der Waals surface area contributed by atoms with Gasteiger partial charge >= 0.3 is 0 Å². The number of rotatable bonds is 4. The van der Waals surface area contributed by atoms with Crippen molar-refractivity contribution < 1.29 is 9.53 Å².